The molecule has 0 fully saturated rings. The van der Waals surface area contributed by atoms with Gasteiger partial charge in [-0.15, -0.1) is 0 Å². The average molecular weight is 403 g/mol. The van der Waals surface area contributed by atoms with Crippen LogP contribution in [0, 0.1) is 11.3 Å². The minimum absolute atomic E-state index is 0.0204. The second-order valence-corrected chi connectivity index (χ2v) is 7.74. The zero-order valence-corrected chi connectivity index (χ0v) is 17.5. The Morgan fingerprint density at radius 3 is 1.39 bits per heavy atom. The van der Waals surface area contributed by atoms with Gasteiger partial charge in [0.1, 0.15) is 0 Å². The second kappa shape index (κ2) is 9.89. The molecule has 0 radical (unpaired) electrons. The smallest absolute Gasteiger partial charge is 0.0950 e. The van der Waals surface area contributed by atoms with Crippen LogP contribution in [0.2, 0.25) is 0 Å². The zero-order valence-electron chi connectivity index (χ0n) is 17.5. The normalized spacial score (nSPS) is 12.1. The third-order valence-corrected chi connectivity index (χ3v) is 5.70. The van der Waals surface area contributed by atoms with Gasteiger partial charge in [0.05, 0.1) is 18.0 Å². The lowest BCUT2D eigenvalue weighted by Crippen LogP contribution is -2.50. The first-order chi connectivity index (χ1) is 15.3. The fourth-order valence-corrected chi connectivity index (χ4v) is 4.30. The SMILES string of the molecule is N#CC[C@H](Cc1ccccc1)NC(c1ccccc1)(c1ccccc1)c1ccccc1. The quantitative estimate of drug-likeness (QED) is 0.362. The maximum atomic E-state index is 9.63. The number of hydrogen-bond acceptors (Lipinski definition) is 2. The second-order valence-electron chi connectivity index (χ2n) is 7.74. The minimum atomic E-state index is -0.569. The molecule has 31 heavy (non-hydrogen) atoms. The molecule has 0 spiro atoms. The molecule has 0 aliphatic heterocycles. The van der Waals surface area contributed by atoms with Gasteiger partial charge in [-0.3, -0.25) is 5.32 Å². The Balaban J connectivity index is 1.87. The predicted octanol–water partition coefficient (Wildman–Crippen LogP) is 6.09. The Hall–Kier alpha value is -3.67. The molecule has 0 heterocycles. The van der Waals surface area contributed by atoms with E-state index in [9.17, 15) is 5.26 Å². The topological polar surface area (TPSA) is 35.8 Å². The highest BCUT2D eigenvalue weighted by Crippen LogP contribution is 2.37. The van der Waals surface area contributed by atoms with Crippen molar-refractivity contribution in [2.24, 2.45) is 0 Å². The summed E-state index contributed by atoms with van der Waals surface area (Å²) in [4.78, 5) is 0. The maximum Gasteiger partial charge on any atom is 0.0950 e. The van der Waals surface area contributed by atoms with E-state index < -0.39 is 5.54 Å². The van der Waals surface area contributed by atoms with E-state index in [1.807, 2.05) is 24.3 Å². The van der Waals surface area contributed by atoms with Crippen molar-refractivity contribution in [2.75, 3.05) is 0 Å². The number of nitriles is 1. The van der Waals surface area contributed by atoms with Gasteiger partial charge < -0.3 is 0 Å². The summed E-state index contributed by atoms with van der Waals surface area (Å²) in [5.41, 5.74) is 4.12. The first-order valence-electron chi connectivity index (χ1n) is 10.7. The first-order valence-corrected chi connectivity index (χ1v) is 10.7. The summed E-state index contributed by atoms with van der Waals surface area (Å²) >= 11 is 0. The van der Waals surface area contributed by atoms with Crippen LogP contribution in [0.5, 0.6) is 0 Å². The van der Waals surface area contributed by atoms with Gasteiger partial charge in [0, 0.05) is 6.04 Å². The van der Waals surface area contributed by atoms with E-state index in [0.29, 0.717) is 6.42 Å². The molecule has 2 heteroatoms. The first kappa shape index (κ1) is 20.6. The van der Waals surface area contributed by atoms with Gasteiger partial charge in [0.25, 0.3) is 0 Å². The summed E-state index contributed by atoms with van der Waals surface area (Å²) in [6.07, 6.45) is 1.20. The lowest BCUT2D eigenvalue weighted by molar-refractivity contribution is 0.390. The maximum absolute atomic E-state index is 9.63. The molecule has 0 bridgehead atoms. The standard InChI is InChI=1S/C29H26N2/c30-22-21-28(23-24-13-5-1-6-14-24)31-29(25-15-7-2-8-16-25,26-17-9-3-10-18-26)27-19-11-4-12-20-27/h1-20,28,31H,21,23H2/t28-/m1/s1. The Labute approximate surface area is 184 Å². The summed E-state index contributed by atoms with van der Waals surface area (Å²) < 4.78 is 0. The Morgan fingerprint density at radius 1 is 0.613 bits per heavy atom. The number of hydrogen-bond donors (Lipinski definition) is 1. The van der Waals surface area contributed by atoms with Crippen molar-refractivity contribution in [1.29, 1.82) is 5.26 Å². The number of rotatable bonds is 8. The van der Waals surface area contributed by atoms with Crippen LogP contribution in [-0.4, -0.2) is 6.04 Å². The van der Waals surface area contributed by atoms with Crippen LogP contribution >= 0.6 is 0 Å². The third-order valence-electron chi connectivity index (χ3n) is 5.70. The molecule has 0 saturated carbocycles. The van der Waals surface area contributed by atoms with Gasteiger partial charge in [0.15, 0.2) is 0 Å². The lowest BCUT2D eigenvalue weighted by Gasteiger charge is -2.40. The number of benzene rings is 4. The van der Waals surface area contributed by atoms with E-state index in [2.05, 4.69) is 108 Å². The highest BCUT2D eigenvalue weighted by Gasteiger charge is 2.37. The number of nitrogens with zero attached hydrogens (tertiary/aromatic N) is 1. The largest absolute Gasteiger partial charge is 0.296 e. The fraction of sp³-hybridized carbons (Fsp3) is 0.138. The molecule has 0 aliphatic carbocycles. The molecule has 152 valence electrons. The Kier molecular flexibility index (Phi) is 6.57. The van der Waals surface area contributed by atoms with E-state index in [4.69, 9.17) is 0 Å². The number of nitrogens with one attached hydrogen (secondary N) is 1. The summed E-state index contributed by atoms with van der Waals surface area (Å²) in [7, 11) is 0. The monoisotopic (exact) mass is 402 g/mol. The van der Waals surface area contributed by atoms with Crippen molar-refractivity contribution >= 4 is 0 Å². The molecule has 0 amide bonds. The van der Waals surface area contributed by atoms with Gasteiger partial charge in [-0.05, 0) is 28.7 Å². The molecule has 2 nitrogen and oxygen atoms in total. The van der Waals surface area contributed by atoms with Gasteiger partial charge in [0.2, 0.25) is 0 Å². The molecule has 0 saturated heterocycles. The third kappa shape index (κ3) is 4.58. The van der Waals surface area contributed by atoms with Crippen molar-refractivity contribution in [3.05, 3.63) is 144 Å². The molecule has 0 unspecified atom stereocenters. The lowest BCUT2D eigenvalue weighted by atomic mass is 9.76. The molecule has 1 N–H and O–H groups in total. The molecule has 4 rings (SSSR count). The fourth-order valence-electron chi connectivity index (χ4n) is 4.30. The van der Waals surface area contributed by atoms with Crippen molar-refractivity contribution in [3.8, 4) is 6.07 Å². The predicted molar refractivity (Wildman–Crippen MR) is 127 cm³/mol. The molecule has 4 aromatic rings. The van der Waals surface area contributed by atoms with Crippen LogP contribution < -0.4 is 5.32 Å². The van der Waals surface area contributed by atoms with Crippen molar-refractivity contribution in [1.82, 2.24) is 5.32 Å². The van der Waals surface area contributed by atoms with Gasteiger partial charge in [-0.2, -0.15) is 5.26 Å². The van der Waals surface area contributed by atoms with Crippen molar-refractivity contribution < 1.29 is 0 Å². The van der Waals surface area contributed by atoms with Gasteiger partial charge >= 0.3 is 0 Å². The molecular formula is C29H26N2. The van der Waals surface area contributed by atoms with Gasteiger partial charge in [-0.1, -0.05) is 121 Å². The van der Waals surface area contributed by atoms with E-state index in [1.54, 1.807) is 0 Å². The summed E-state index contributed by atoms with van der Waals surface area (Å²) in [6, 6.07) is 44.4. The van der Waals surface area contributed by atoms with E-state index in [-0.39, 0.29) is 6.04 Å². The van der Waals surface area contributed by atoms with Crippen molar-refractivity contribution in [3.63, 3.8) is 0 Å². The summed E-state index contributed by atoms with van der Waals surface area (Å²) in [5, 5.41) is 13.6. The molecule has 0 aromatic heterocycles. The van der Waals surface area contributed by atoms with E-state index >= 15 is 0 Å². The van der Waals surface area contributed by atoms with Crippen LogP contribution in [0.4, 0.5) is 0 Å². The Bertz CT molecular complexity index is 1000. The summed E-state index contributed by atoms with van der Waals surface area (Å²) in [5.74, 6) is 0. The van der Waals surface area contributed by atoms with Crippen LogP contribution in [0.3, 0.4) is 0 Å². The van der Waals surface area contributed by atoms with Crippen LogP contribution in [0.15, 0.2) is 121 Å². The van der Waals surface area contributed by atoms with E-state index in [1.165, 1.54) is 5.56 Å². The average Bonchev–Trinajstić information content (AvgIpc) is 2.85. The highest BCUT2D eigenvalue weighted by molar-refractivity contribution is 5.49. The zero-order chi connectivity index (χ0) is 21.4. The Morgan fingerprint density at radius 2 is 1.00 bits per heavy atom. The van der Waals surface area contributed by atoms with Crippen LogP contribution in [-0.2, 0) is 12.0 Å². The minimum Gasteiger partial charge on any atom is -0.296 e. The van der Waals surface area contributed by atoms with Crippen LogP contribution in [0.25, 0.3) is 0 Å². The van der Waals surface area contributed by atoms with Crippen molar-refractivity contribution in [2.45, 2.75) is 24.4 Å². The van der Waals surface area contributed by atoms with E-state index in [0.717, 1.165) is 23.1 Å². The van der Waals surface area contributed by atoms with Crippen LogP contribution in [0.1, 0.15) is 28.7 Å². The molecular weight excluding hydrogens is 376 g/mol. The molecule has 4 aromatic carbocycles. The highest BCUT2D eigenvalue weighted by atomic mass is 15.0. The molecule has 0 aliphatic rings. The van der Waals surface area contributed by atoms with Gasteiger partial charge in [-0.25, -0.2) is 0 Å². The molecule has 1 atom stereocenters. The summed E-state index contributed by atoms with van der Waals surface area (Å²) in [6.45, 7) is 0.